The Kier molecular flexibility index (Phi) is 4.19. The Labute approximate surface area is 111 Å². The summed E-state index contributed by atoms with van der Waals surface area (Å²) >= 11 is 5.79. The lowest BCUT2D eigenvalue weighted by Crippen LogP contribution is -2.46. The van der Waals surface area contributed by atoms with Crippen molar-refractivity contribution in [2.75, 3.05) is 6.54 Å². The Morgan fingerprint density at radius 2 is 2.33 bits per heavy atom. The number of halogens is 2. The Hall–Kier alpha value is -1.13. The predicted molar refractivity (Wildman–Crippen MR) is 69.4 cm³/mol. The van der Waals surface area contributed by atoms with Crippen LogP contribution in [0.4, 0.5) is 4.39 Å². The standard InChI is InChI=1S/C13H16ClFN2O/c1-8-7-9(5-6-16-8)17-13(18)10-3-2-4-11(15)12(10)14/h2-4,8-9,16H,5-7H2,1H3,(H,17,18). The van der Waals surface area contributed by atoms with E-state index in [4.69, 9.17) is 11.6 Å². The molecular formula is C13H16ClFN2O. The predicted octanol–water partition coefficient (Wildman–Crippen LogP) is 2.35. The summed E-state index contributed by atoms with van der Waals surface area (Å²) < 4.78 is 13.3. The molecule has 1 aromatic carbocycles. The van der Waals surface area contributed by atoms with Crippen molar-refractivity contribution in [2.24, 2.45) is 0 Å². The lowest BCUT2D eigenvalue weighted by molar-refractivity contribution is 0.0925. The minimum atomic E-state index is -0.567. The smallest absolute Gasteiger partial charge is 0.253 e. The lowest BCUT2D eigenvalue weighted by Gasteiger charge is -2.28. The van der Waals surface area contributed by atoms with Gasteiger partial charge in [-0.3, -0.25) is 4.79 Å². The number of rotatable bonds is 2. The zero-order chi connectivity index (χ0) is 13.1. The highest BCUT2D eigenvalue weighted by Gasteiger charge is 2.22. The van der Waals surface area contributed by atoms with Crippen LogP contribution in [0.3, 0.4) is 0 Å². The normalized spacial score (nSPS) is 23.7. The fourth-order valence-electron chi connectivity index (χ4n) is 2.21. The second-order valence-corrected chi connectivity index (χ2v) is 5.03. The summed E-state index contributed by atoms with van der Waals surface area (Å²) in [6, 6.07) is 4.76. The van der Waals surface area contributed by atoms with E-state index in [1.165, 1.54) is 18.2 Å². The Balaban J connectivity index is 2.05. The van der Waals surface area contributed by atoms with Crippen LogP contribution in [0.15, 0.2) is 18.2 Å². The molecule has 2 rings (SSSR count). The summed E-state index contributed by atoms with van der Waals surface area (Å²) in [6.45, 7) is 2.95. The highest BCUT2D eigenvalue weighted by molar-refractivity contribution is 6.34. The van der Waals surface area contributed by atoms with Gasteiger partial charge in [-0.2, -0.15) is 0 Å². The van der Waals surface area contributed by atoms with Gasteiger partial charge in [0.25, 0.3) is 5.91 Å². The van der Waals surface area contributed by atoms with Gasteiger partial charge in [-0.25, -0.2) is 4.39 Å². The molecule has 0 spiro atoms. The molecule has 2 N–H and O–H groups in total. The molecular weight excluding hydrogens is 255 g/mol. The molecule has 0 bridgehead atoms. The Morgan fingerprint density at radius 3 is 3.06 bits per heavy atom. The van der Waals surface area contributed by atoms with E-state index in [0.717, 1.165) is 19.4 Å². The van der Waals surface area contributed by atoms with Gasteiger partial charge in [0.1, 0.15) is 5.82 Å². The average molecular weight is 271 g/mol. The Bertz CT molecular complexity index is 453. The molecule has 18 heavy (non-hydrogen) atoms. The van der Waals surface area contributed by atoms with E-state index in [1.807, 2.05) is 0 Å². The first-order valence-electron chi connectivity index (χ1n) is 6.06. The maximum Gasteiger partial charge on any atom is 0.253 e. The fraction of sp³-hybridized carbons (Fsp3) is 0.462. The number of amides is 1. The van der Waals surface area contributed by atoms with Crippen molar-refractivity contribution in [1.82, 2.24) is 10.6 Å². The van der Waals surface area contributed by atoms with E-state index in [1.54, 1.807) is 0 Å². The van der Waals surface area contributed by atoms with Crippen LogP contribution in [-0.2, 0) is 0 Å². The third kappa shape index (κ3) is 3.00. The van der Waals surface area contributed by atoms with E-state index >= 15 is 0 Å². The molecule has 1 aliphatic rings. The van der Waals surface area contributed by atoms with E-state index in [9.17, 15) is 9.18 Å². The molecule has 5 heteroatoms. The van der Waals surface area contributed by atoms with Crippen LogP contribution in [0.2, 0.25) is 5.02 Å². The lowest BCUT2D eigenvalue weighted by atomic mass is 10.0. The largest absolute Gasteiger partial charge is 0.349 e. The zero-order valence-corrected chi connectivity index (χ0v) is 10.9. The maximum atomic E-state index is 13.3. The van der Waals surface area contributed by atoms with Crippen molar-refractivity contribution in [3.63, 3.8) is 0 Å². The van der Waals surface area contributed by atoms with Gasteiger partial charge in [0.2, 0.25) is 0 Å². The van der Waals surface area contributed by atoms with Crippen LogP contribution in [0.5, 0.6) is 0 Å². The third-order valence-corrected chi connectivity index (χ3v) is 3.54. The summed E-state index contributed by atoms with van der Waals surface area (Å²) in [5, 5.41) is 6.10. The van der Waals surface area contributed by atoms with Gasteiger partial charge >= 0.3 is 0 Å². The summed E-state index contributed by atoms with van der Waals surface area (Å²) in [5.74, 6) is -0.874. The van der Waals surface area contributed by atoms with Crippen LogP contribution < -0.4 is 10.6 Å². The van der Waals surface area contributed by atoms with E-state index in [-0.39, 0.29) is 22.5 Å². The van der Waals surface area contributed by atoms with E-state index < -0.39 is 5.82 Å². The quantitative estimate of drug-likeness (QED) is 0.866. The van der Waals surface area contributed by atoms with Gasteiger partial charge in [-0.15, -0.1) is 0 Å². The van der Waals surface area contributed by atoms with Crippen molar-refractivity contribution < 1.29 is 9.18 Å². The van der Waals surface area contributed by atoms with Gasteiger partial charge in [0, 0.05) is 12.1 Å². The first-order valence-corrected chi connectivity index (χ1v) is 6.44. The molecule has 0 aromatic heterocycles. The maximum absolute atomic E-state index is 13.3. The molecule has 1 saturated heterocycles. The van der Waals surface area contributed by atoms with Crippen molar-refractivity contribution in [3.05, 3.63) is 34.6 Å². The van der Waals surface area contributed by atoms with Crippen LogP contribution in [0.1, 0.15) is 30.1 Å². The van der Waals surface area contributed by atoms with Crippen molar-refractivity contribution in [2.45, 2.75) is 31.8 Å². The molecule has 0 radical (unpaired) electrons. The van der Waals surface area contributed by atoms with E-state index in [2.05, 4.69) is 17.6 Å². The second kappa shape index (κ2) is 5.67. The SMILES string of the molecule is CC1CC(NC(=O)c2cccc(F)c2Cl)CCN1. The molecule has 98 valence electrons. The average Bonchev–Trinajstić information content (AvgIpc) is 2.32. The molecule has 1 aromatic rings. The van der Waals surface area contributed by atoms with Crippen LogP contribution in [0, 0.1) is 5.82 Å². The van der Waals surface area contributed by atoms with Gasteiger partial charge in [0.15, 0.2) is 0 Å². The minimum Gasteiger partial charge on any atom is -0.349 e. The number of hydrogen-bond donors (Lipinski definition) is 2. The third-order valence-electron chi connectivity index (χ3n) is 3.16. The summed E-state index contributed by atoms with van der Waals surface area (Å²) in [5.41, 5.74) is 0.197. The first kappa shape index (κ1) is 13.3. The van der Waals surface area contributed by atoms with Crippen molar-refractivity contribution in [3.8, 4) is 0 Å². The second-order valence-electron chi connectivity index (χ2n) is 4.65. The number of nitrogens with one attached hydrogen (secondary N) is 2. The summed E-state index contributed by atoms with van der Waals surface area (Å²) in [7, 11) is 0. The first-order chi connectivity index (χ1) is 8.58. The zero-order valence-electron chi connectivity index (χ0n) is 10.2. The van der Waals surface area contributed by atoms with Crippen molar-refractivity contribution in [1.29, 1.82) is 0 Å². The minimum absolute atomic E-state index is 0.114. The molecule has 1 fully saturated rings. The van der Waals surface area contributed by atoms with Gasteiger partial charge in [0.05, 0.1) is 10.6 Å². The monoisotopic (exact) mass is 270 g/mol. The number of carbonyl (C=O) groups excluding carboxylic acids is 1. The molecule has 3 nitrogen and oxygen atoms in total. The van der Waals surface area contributed by atoms with Crippen LogP contribution in [0.25, 0.3) is 0 Å². The molecule has 1 aliphatic heterocycles. The highest BCUT2D eigenvalue weighted by Crippen LogP contribution is 2.20. The van der Waals surface area contributed by atoms with E-state index in [0.29, 0.717) is 6.04 Å². The van der Waals surface area contributed by atoms with Crippen molar-refractivity contribution >= 4 is 17.5 Å². The fourth-order valence-corrected chi connectivity index (χ4v) is 2.42. The molecule has 1 amide bonds. The molecule has 0 aliphatic carbocycles. The van der Waals surface area contributed by atoms with Gasteiger partial charge in [-0.1, -0.05) is 17.7 Å². The number of hydrogen-bond acceptors (Lipinski definition) is 2. The number of benzene rings is 1. The van der Waals surface area contributed by atoms with Gasteiger partial charge in [-0.05, 0) is 38.4 Å². The number of piperidine rings is 1. The molecule has 1 heterocycles. The van der Waals surface area contributed by atoms with Crippen LogP contribution >= 0.6 is 11.6 Å². The van der Waals surface area contributed by atoms with Crippen LogP contribution in [-0.4, -0.2) is 24.5 Å². The topological polar surface area (TPSA) is 41.1 Å². The van der Waals surface area contributed by atoms with Gasteiger partial charge < -0.3 is 10.6 Å². The Morgan fingerprint density at radius 1 is 1.56 bits per heavy atom. The molecule has 2 atom stereocenters. The summed E-state index contributed by atoms with van der Waals surface area (Å²) in [6.07, 6.45) is 1.75. The molecule has 2 unspecified atom stereocenters. The number of carbonyl (C=O) groups is 1. The molecule has 0 saturated carbocycles. The summed E-state index contributed by atoms with van der Waals surface area (Å²) in [4.78, 5) is 12.0. The highest BCUT2D eigenvalue weighted by atomic mass is 35.5.